The molecular weight excluding hydrogens is 246 g/mol. The van der Waals surface area contributed by atoms with Crippen LogP contribution in [0.2, 0.25) is 0 Å². The van der Waals surface area contributed by atoms with Crippen LogP contribution < -0.4 is 0 Å². The standard InChI is InChI=1S/C10H17NO5S/c1-2-17(12,13)16-11-9-3-5-10(6-4-9)14-7-8-15-10/h2-8H2,1H3. The van der Waals surface area contributed by atoms with Crippen molar-refractivity contribution in [1.82, 2.24) is 0 Å². The number of hydrogen-bond donors (Lipinski definition) is 0. The zero-order valence-electron chi connectivity index (χ0n) is 9.85. The van der Waals surface area contributed by atoms with Crippen molar-refractivity contribution in [3.8, 4) is 0 Å². The highest BCUT2D eigenvalue weighted by Gasteiger charge is 2.39. The van der Waals surface area contributed by atoms with E-state index in [9.17, 15) is 8.42 Å². The predicted octanol–water partition coefficient (Wildman–Crippen LogP) is 1.03. The summed E-state index contributed by atoms with van der Waals surface area (Å²) in [4.78, 5) is 0. The minimum Gasteiger partial charge on any atom is -0.348 e. The molecule has 2 rings (SSSR count). The molecule has 1 heterocycles. The lowest BCUT2D eigenvalue weighted by Gasteiger charge is -2.31. The highest BCUT2D eigenvalue weighted by molar-refractivity contribution is 7.86. The Morgan fingerprint density at radius 1 is 1.29 bits per heavy atom. The highest BCUT2D eigenvalue weighted by atomic mass is 32.2. The molecule has 0 amide bonds. The van der Waals surface area contributed by atoms with Crippen LogP contribution in [0.5, 0.6) is 0 Å². The number of hydrogen-bond acceptors (Lipinski definition) is 6. The van der Waals surface area contributed by atoms with Gasteiger partial charge in [-0.25, -0.2) is 0 Å². The van der Waals surface area contributed by atoms with Crippen LogP contribution in [0.4, 0.5) is 0 Å². The molecule has 1 spiro atoms. The molecule has 2 fully saturated rings. The van der Waals surface area contributed by atoms with Crippen LogP contribution in [0, 0.1) is 0 Å². The summed E-state index contributed by atoms with van der Waals surface area (Å²) in [5.74, 6) is -0.525. The van der Waals surface area contributed by atoms with E-state index in [4.69, 9.17) is 9.47 Å². The lowest BCUT2D eigenvalue weighted by molar-refractivity contribution is -0.167. The fourth-order valence-corrected chi connectivity index (χ4v) is 2.28. The van der Waals surface area contributed by atoms with Gasteiger partial charge in [-0.05, 0) is 19.8 Å². The van der Waals surface area contributed by atoms with E-state index in [1.807, 2.05) is 0 Å². The second kappa shape index (κ2) is 4.91. The predicted molar refractivity (Wildman–Crippen MR) is 61.1 cm³/mol. The van der Waals surface area contributed by atoms with Gasteiger partial charge in [-0.2, -0.15) is 8.42 Å². The molecule has 7 heteroatoms. The first-order valence-electron chi connectivity index (χ1n) is 5.80. The summed E-state index contributed by atoms with van der Waals surface area (Å²) >= 11 is 0. The van der Waals surface area contributed by atoms with Crippen LogP contribution in [-0.2, 0) is 23.9 Å². The van der Waals surface area contributed by atoms with E-state index in [1.165, 1.54) is 6.92 Å². The molecule has 6 nitrogen and oxygen atoms in total. The summed E-state index contributed by atoms with van der Waals surface area (Å²) in [6.07, 6.45) is 2.72. The third kappa shape index (κ3) is 3.17. The average Bonchev–Trinajstić information content (AvgIpc) is 2.77. The van der Waals surface area contributed by atoms with E-state index >= 15 is 0 Å². The topological polar surface area (TPSA) is 74.2 Å². The van der Waals surface area contributed by atoms with Gasteiger partial charge in [0.1, 0.15) is 0 Å². The van der Waals surface area contributed by atoms with Gasteiger partial charge in [0, 0.05) is 12.8 Å². The second-order valence-electron chi connectivity index (χ2n) is 4.19. The van der Waals surface area contributed by atoms with E-state index < -0.39 is 15.9 Å². The fourth-order valence-electron chi connectivity index (χ4n) is 1.96. The first-order valence-corrected chi connectivity index (χ1v) is 7.38. The number of ether oxygens (including phenoxy) is 2. The van der Waals surface area contributed by atoms with Crippen LogP contribution in [-0.4, -0.2) is 38.9 Å². The Morgan fingerprint density at radius 3 is 2.41 bits per heavy atom. The van der Waals surface area contributed by atoms with E-state index in [0.717, 1.165) is 5.71 Å². The molecule has 1 aliphatic heterocycles. The summed E-state index contributed by atoms with van der Waals surface area (Å²) in [5, 5.41) is 3.70. The second-order valence-corrected chi connectivity index (χ2v) is 6.03. The van der Waals surface area contributed by atoms with Crippen molar-refractivity contribution in [3.63, 3.8) is 0 Å². The van der Waals surface area contributed by atoms with Gasteiger partial charge >= 0.3 is 10.1 Å². The lowest BCUT2D eigenvalue weighted by Crippen LogP contribution is -2.35. The zero-order valence-corrected chi connectivity index (χ0v) is 10.7. The quantitative estimate of drug-likeness (QED) is 0.711. The van der Waals surface area contributed by atoms with E-state index in [-0.39, 0.29) is 5.75 Å². The van der Waals surface area contributed by atoms with Crippen molar-refractivity contribution in [3.05, 3.63) is 0 Å². The number of rotatable bonds is 3. The third-order valence-electron chi connectivity index (χ3n) is 3.04. The van der Waals surface area contributed by atoms with Gasteiger partial charge < -0.3 is 9.47 Å². The third-order valence-corrected chi connectivity index (χ3v) is 4.04. The number of nitrogens with zero attached hydrogens (tertiary/aromatic N) is 1. The normalized spacial score (nSPS) is 23.9. The molecule has 0 aromatic rings. The Morgan fingerprint density at radius 2 is 1.88 bits per heavy atom. The maximum absolute atomic E-state index is 11.1. The van der Waals surface area contributed by atoms with E-state index in [1.54, 1.807) is 0 Å². The maximum Gasteiger partial charge on any atom is 0.328 e. The SMILES string of the molecule is CCS(=O)(=O)ON=C1CCC2(CC1)OCCO2. The first-order chi connectivity index (χ1) is 8.05. The molecule has 2 aliphatic rings. The molecule has 0 N–H and O–H groups in total. The van der Waals surface area contributed by atoms with Crippen molar-refractivity contribution >= 4 is 15.8 Å². The van der Waals surface area contributed by atoms with Crippen molar-refractivity contribution in [2.75, 3.05) is 19.0 Å². The monoisotopic (exact) mass is 263 g/mol. The fraction of sp³-hybridized carbons (Fsp3) is 0.900. The Hall–Kier alpha value is -0.660. The Balaban J connectivity index is 1.88. The van der Waals surface area contributed by atoms with Crippen LogP contribution >= 0.6 is 0 Å². The van der Waals surface area contributed by atoms with Crippen LogP contribution in [0.3, 0.4) is 0 Å². The minimum atomic E-state index is -3.50. The molecule has 1 aliphatic carbocycles. The van der Waals surface area contributed by atoms with Crippen LogP contribution in [0.15, 0.2) is 5.16 Å². The minimum absolute atomic E-state index is 0.0695. The molecule has 0 unspecified atom stereocenters. The van der Waals surface area contributed by atoms with Gasteiger partial charge in [0.05, 0.1) is 24.7 Å². The molecule has 0 radical (unpaired) electrons. The smallest absolute Gasteiger partial charge is 0.328 e. The Labute approximate surface area is 101 Å². The molecule has 0 aromatic heterocycles. The molecule has 0 bridgehead atoms. The summed E-state index contributed by atoms with van der Waals surface area (Å²) < 4.78 is 37.9. The van der Waals surface area contributed by atoms with Crippen LogP contribution in [0.1, 0.15) is 32.6 Å². The molecule has 1 saturated carbocycles. The summed E-state index contributed by atoms with van der Waals surface area (Å²) in [6, 6.07) is 0. The summed E-state index contributed by atoms with van der Waals surface area (Å²) in [6.45, 7) is 2.78. The molecular formula is C10H17NO5S. The molecule has 0 aromatic carbocycles. The van der Waals surface area contributed by atoms with Crippen molar-refractivity contribution in [2.45, 2.75) is 38.4 Å². The number of oxime groups is 1. The van der Waals surface area contributed by atoms with Gasteiger partial charge in [-0.15, -0.1) is 0 Å². The Kier molecular flexibility index (Phi) is 3.70. The van der Waals surface area contributed by atoms with Crippen molar-refractivity contribution in [2.24, 2.45) is 5.16 Å². The molecule has 0 atom stereocenters. The highest BCUT2D eigenvalue weighted by Crippen LogP contribution is 2.34. The van der Waals surface area contributed by atoms with E-state index in [2.05, 4.69) is 9.44 Å². The average molecular weight is 263 g/mol. The maximum atomic E-state index is 11.1. The lowest BCUT2D eigenvalue weighted by atomic mass is 9.92. The summed E-state index contributed by atoms with van der Waals surface area (Å²) in [5.41, 5.74) is 0.756. The van der Waals surface area contributed by atoms with Crippen molar-refractivity contribution in [1.29, 1.82) is 0 Å². The molecule has 1 saturated heterocycles. The van der Waals surface area contributed by atoms with Gasteiger partial charge in [-0.1, -0.05) is 5.16 Å². The van der Waals surface area contributed by atoms with Crippen molar-refractivity contribution < 1.29 is 22.2 Å². The zero-order chi connectivity index (χ0) is 12.4. The largest absolute Gasteiger partial charge is 0.348 e. The van der Waals surface area contributed by atoms with Gasteiger partial charge in [-0.3, -0.25) is 4.28 Å². The van der Waals surface area contributed by atoms with E-state index in [0.29, 0.717) is 38.9 Å². The van der Waals surface area contributed by atoms with Gasteiger partial charge in [0.25, 0.3) is 0 Å². The molecule has 17 heavy (non-hydrogen) atoms. The summed E-state index contributed by atoms with van der Waals surface area (Å²) in [7, 11) is -3.50. The van der Waals surface area contributed by atoms with Gasteiger partial charge in [0.15, 0.2) is 5.79 Å². The van der Waals surface area contributed by atoms with Gasteiger partial charge in [0.2, 0.25) is 0 Å². The Bertz CT molecular complexity index is 385. The first kappa shape index (κ1) is 12.8. The molecule has 98 valence electrons. The van der Waals surface area contributed by atoms with Crippen LogP contribution in [0.25, 0.3) is 0 Å².